The average Bonchev–Trinajstić information content (AvgIpc) is 2.61. The molecule has 0 unspecified atom stereocenters. The van der Waals surface area contributed by atoms with Crippen molar-refractivity contribution in [1.82, 2.24) is 9.97 Å². The van der Waals surface area contributed by atoms with Crippen molar-refractivity contribution in [2.45, 2.75) is 6.92 Å². The molecule has 0 saturated carbocycles. The molecule has 138 valence electrons. The van der Waals surface area contributed by atoms with E-state index in [1.165, 1.54) is 18.5 Å². The van der Waals surface area contributed by atoms with E-state index in [0.29, 0.717) is 16.4 Å². The van der Waals surface area contributed by atoms with Crippen LogP contribution < -0.4 is 10.6 Å². The van der Waals surface area contributed by atoms with E-state index in [2.05, 4.69) is 20.6 Å². The van der Waals surface area contributed by atoms with Gasteiger partial charge >= 0.3 is 5.69 Å². The monoisotopic (exact) mass is 407 g/mol. The van der Waals surface area contributed by atoms with Gasteiger partial charge in [0.05, 0.1) is 9.95 Å². The molecule has 0 aliphatic carbocycles. The van der Waals surface area contributed by atoms with Crippen LogP contribution in [0.3, 0.4) is 0 Å². The number of anilines is 4. The van der Waals surface area contributed by atoms with Gasteiger partial charge in [-0.2, -0.15) is 0 Å². The van der Waals surface area contributed by atoms with E-state index in [9.17, 15) is 14.5 Å². The molecule has 0 aliphatic rings. The molecular formula is C17H12Cl2FN5O2. The van der Waals surface area contributed by atoms with E-state index in [4.69, 9.17) is 23.2 Å². The van der Waals surface area contributed by atoms with Crippen molar-refractivity contribution in [1.29, 1.82) is 0 Å². The summed E-state index contributed by atoms with van der Waals surface area (Å²) in [6, 6.07) is 8.96. The van der Waals surface area contributed by atoms with E-state index in [-0.39, 0.29) is 22.3 Å². The average molecular weight is 408 g/mol. The molecule has 0 spiro atoms. The van der Waals surface area contributed by atoms with Crippen molar-refractivity contribution in [3.63, 3.8) is 0 Å². The fourth-order valence-electron chi connectivity index (χ4n) is 2.30. The molecule has 1 aromatic heterocycles. The van der Waals surface area contributed by atoms with Crippen LogP contribution in [0.25, 0.3) is 0 Å². The number of benzene rings is 2. The number of aryl methyl sites for hydroxylation is 1. The van der Waals surface area contributed by atoms with Crippen LogP contribution in [-0.4, -0.2) is 14.9 Å². The minimum absolute atomic E-state index is 0.0175. The second kappa shape index (κ2) is 7.73. The van der Waals surface area contributed by atoms with Gasteiger partial charge in [-0.15, -0.1) is 0 Å². The highest BCUT2D eigenvalue weighted by Crippen LogP contribution is 2.34. The number of hydrogen-bond donors (Lipinski definition) is 2. The SMILES string of the molecule is Cc1ccc(Cl)cc1Nc1ncnc(Nc2ccc(F)c(Cl)c2)c1[N+](=O)[O-]. The maximum atomic E-state index is 13.3. The van der Waals surface area contributed by atoms with E-state index >= 15 is 0 Å². The van der Waals surface area contributed by atoms with Gasteiger partial charge in [0, 0.05) is 16.4 Å². The molecule has 2 aromatic carbocycles. The third kappa shape index (κ3) is 4.24. The smallest absolute Gasteiger partial charge is 0.334 e. The van der Waals surface area contributed by atoms with E-state index < -0.39 is 10.7 Å². The Bertz CT molecular complexity index is 1030. The number of aromatic nitrogens is 2. The highest BCUT2D eigenvalue weighted by molar-refractivity contribution is 6.31. The van der Waals surface area contributed by atoms with Crippen LogP contribution >= 0.6 is 23.2 Å². The van der Waals surface area contributed by atoms with Crippen LogP contribution in [0.15, 0.2) is 42.7 Å². The topological polar surface area (TPSA) is 93.0 Å². The first-order valence-electron chi connectivity index (χ1n) is 7.60. The summed E-state index contributed by atoms with van der Waals surface area (Å²) >= 11 is 11.7. The Morgan fingerprint density at radius 1 is 1.07 bits per heavy atom. The Morgan fingerprint density at radius 2 is 1.78 bits per heavy atom. The Hall–Kier alpha value is -2.97. The van der Waals surface area contributed by atoms with Crippen molar-refractivity contribution in [2.75, 3.05) is 10.6 Å². The normalized spacial score (nSPS) is 10.5. The van der Waals surface area contributed by atoms with E-state index in [0.717, 1.165) is 11.6 Å². The lowest BCUT2D eigenvalue weighted by Crippen LogP contribution is -2.06. The van der Waals surface area contributed by atoms with Gasteiger partial charge in [0.1, 0.15) is 12.1 Å². The number of halogens is 3. The van der Waals surface area contributed by atoms with Crippen molar-refractivity contribution in [2.24, 2.45) is 0 Å². The van der Waals surface area contributed by atoms with Crippen LogP contribution in [0.5, 0.6) is 0 Å². The van der Waals surface area contributed by atoms with Crippen LogP contribution in [-0.2, 0) is 0 Å². The molecule has 0 radical (unpaired) electrons. The molecule has 10 heteroatoms. The highest BCUT2D eigenvalue weighted by atomic mass is 35.5. The van der Waals surface area contributed by atoms with Gasteiger partial charge < -0.3 is 10.6 Å². The molecule has 2 N–H and O–H groups in total. The maximum absolute atomic E-state index is 13.3. The van der Waals surface area contributed by atoms with Crippen LogP contribution in [0, 0.1) is 22.9 Å². The first kappa shape index (κ1) is 18.8. The summed E-state index contributed by atoms with van der Waals surface area (Å²) in [6.45, 7) is 1.82. The van der Waals surface area contributed by atoms with Crippen molar-refractivity contribution in [3.05, 3.63) is 74.3 Å². The van der Waals surface area contributed by atoms with Crippen molar-refractivity contribution in [3.8, 4) is 0 Å². The number of nitrogens with one attached hydrogen (secondary N) is 2. The Morgan fingerprint density at radius 3 is 2.44 bits per heavy atom. The number of nitro groups is 1. The molecule has 0 amide bonds. The zero-order valence-corrected chi connectivity index (χ0v) is 15.3. The van der Waals surface area contributed by atoms with Crippen molar-refractivity contribution >= 4 is 51.9 Å². The first-order chi connectivity index (χ1) is 12.8. The lowest BCUT2D eigenvalue weighted by atomic mass is 10.2. The molecule has 0 bridgehead atoms. The molecule has 1 heterocycles. The molecule has 3 aromatic rings. The summed E-state index contributed by atoms with van der Waals surface area (Å²) in [6.07, 6.45) is 1.17. The molecule has 0 saturated heterocycles. The van der Waals surface area contributed by atoms with Crippen LogP contribution in [0.2, 0.25) is 10.0 Å². The summed E-state index contributed by atoms with van der Waals surface area (Å²) in [5.74, 6) is -0.686. The summed E-state index contributed by atoms with van der Waals surface area (Å²) in [4.78, 5) is 18.9. The molecular weight excluding hydrogens is 396 g/mol. The molecule has 0 atom stereocenters. The molecule has 0 aliphatic heterocycles. The molecule has 7 nitrogen and oxygen atoms in total. The summed E-state index contributed by atoms with van der Waals surface area (Å²) in [5, 5.41) is 17.7. The standard InChI is InChI=1S/C17H12Cl2FN5O2/c1-9-2-3-10(18)6-14(9)24-17-15(25(26)27)16(21-8-22-17)23-11-4-5-13(20)12(19)7-11/h2-8H,1H3,(H2,21,22,23,24). The Balaban J connectivity index is 2.00. The van der Waals surface area contributed by atoms with Gasteiger partial charge in [-0.1, -0.05) is 29.3 Å². The predicted octanol–water partition coefficient (Wildman–Crippen LogP) is 5.63. The Labute approximate surface area is 163 Å². The zero-order chi connectivity index (χ0) is 19.6. The third-order valence-corrected chi connectivity index (χ3v) is 4.16. The lowest BCUT2D eigenvalue weighted by molar-refractivity contribution is -0.383. The van der Waals surface area contributed by atoms with Gasteiger partial charge in [-0.25, -0.2) is 14.4 Å². The minimum atomic E-state index is -0.615. The highest BCUT2D eigenvalue weighted by Gasteiger charge is 2.24. The second-order valence-electron chi connectivity index (χ2n) is 5.51. The largest absolute Gasteiger partial charge is 0.353 e. The maximum Gasteiger partial charge on any atom is 0.353 e. The Kier molecular flexibility index (Phi) is 5.38. The fraction of sp³-hybridized carbons (Fsp3) is 0.0588. The summed E-state index contributed by atoms with van der Waals surface area (Å²) < 4.78 is 13.3. The molecule has 27 heavy (non-hydrogen) atoms. The summed E-state index contributed by atoms with van der Waals surface area (Å²) in [7, 11) is 0. The van der Waals surface area contributed by atoms with Crippen LogP contribution in [0.4, 0.5) is 33.1 Å². The first-order valence-corrected chi connectivity index (χ1v) is 8.35. The predicted molar refractivity (Wildman–Crippen MR) is 103 cm³/mol. The summed E-state index contributed by atoms with van der Waals surface area (Å²) in [5.41, 5.74) is 1.36. The van der Waals surface area contributed by atoms with Gasteiger partial charge in [-0.3, -0.25) is 10.1 Å². The minimum Gasteiger partial charge on any atom is -0.334 e. The second-order valence-corrected chi connectivity index (χ2v) is 6.36. The lowest BCUT2D eigenvalue weighted by Gasteiger charge is -2.12. The molecule has 0 fully saturated rings. The number of rotatable bonds is 5. The van der Waals surface area contributed by atoms with E-state index in [1.807, 2.05) is 6.92 Å². The number of hydrogen-bond acceptors (Lipinski definition) is 6. The quantitative estimate of drug-likeness (QED) is 0.420. The zero-order valence-electron chi connectivity index (χ0n) is 13.8. The van der Waals surface area contributed by atoms with Crippen LogP contribution in [0.1, 0.15) is 5.56 Å². The van der Waals surface area contributed by atoms with Gasteiger partial charge in [0.15, 0.2) is 0 Å². The van der Waals surface area contributed by atoms with Gasteiger partial charge in [0.2, 0.25) is 11.6 Å². The van der Waals surface area contributed by atoms with Gasteiger partial charge in [0.25, 0.3) is 0 Å². The molecule has 3 rings (SSSR count). The van der Waals surface area contributed by atoms with Gasteiger partial charge in [-0.05, 0) is 42.8 Å². The fourth-order valence-corrected chi connectivity index (χ4v) is 2.65. The number of nitrogens with zero attached hydrogens (tertiary/aromatic N) is 3. The third-order valence-electron chi connectivity index (χ3n) is 3.64. The van der Waals surface area contributed by atoms with Crippen molar-refractivity contribution < 1.29 is 9.31 Å². The van der Waals surface area contributed by atoms with E-state index in [1.54, 1.807) is 18.2 Å².